The van der Waals surface area contributed by atoms with Gasteiger partial charge in [0.15, 0.2) is 24.8 Å². The zero-order chi connectivity index (χ0) is 18.2. The topological polar surface area (TPSA) is 55.8 Å². The molecule has 0 saturated heterocycles. The number of nitrogens with zero attached hydrogens (tertiary/aromatic N) is 1. The molecule has 5 nitrogen and oxygen atoms in total. The summed E-state index contributed by atoms with van der Waals surface area (Å²) in [6, 6.07) is 11.7. The standard InChI is InChI=1S/C18H17F2NO4/c1-21(10-13-6-2-3-7-14(13)19)17(22)11-25-18(23)12-24-16-9-5-4-8-15(16)20/h2-9H,10-12H2,1H3. The number of esters is 1. The molecular formula is C18H17F2NO4. The fourth-order valence-corrected chi connectivity index (χ4v) is 1.96. The van der Waals surface area contributed by atoms with Gasteiger partial charge >= 0.3 is 5.97 Å². The predicted molar refractivity (Wildman–Crippen MR) is 85.7 cm³/mol. The van der Waals surface area contributed by atoms with Crippen LogP contribution in [0.5, 0.6) is 5.75 Å². The number of likely N-dealkylation sites (N-methyl/N-ethyl adjacent to an activating group) is 1. The van der Waals surface area contributed by atoms with Crippen LogP contribution in [-0.4, -0.2) is 37.0 Å². The Morgan fingerprint density at radius 2 is 1.60 bits per heavy atom. The third-order valence-electron chi connectivity index (χ3n) is 3.33. The SMILES string of the molecule is CN(Cc1ccccc1F)C(=O)COC(=O)COc1ccccc1F. The summed E-state index contributed by atoms with van der Waals surface area (Å²) in [5, 5.41) is 0. The van der Waals surface area contributed by atoms with Crippen molar-refractivity contribution in [3.63, 3.8) is 0 Å². The summed E-state index contributed by atoms with van der Waals surface area (Å²) in [5.41, 5.74) is 0.354. The average Bonchev–Trinajstić information content (AvgIpc) is 2.60. The Labute approximate surface area is 143 Å². The summed E-state index contributed by atoms with van der Waals surface area (Å²) >= 11 is 0. The molecule has 0 aliphatic rings. The van der Waals surface area contributed by atoms with Crippen LogP contribution in [0.25, 0.3) is 0 Å². The van der Waals surface area contributed by atoms with Crippen LogP contribution in [0.1, 0.15) is 5.56 Å². The molecule has 0 saturated carbocycles. The highest BCUT2D eigenvalue weighted by molar-refractivity contribution is 5.80. The van der Waals surface area contributed by atoms with Crippen molar-refractivity contribution in [1.82, 2.24) is 4.90 Å². The lowest BCUT2D eigenvalue weighted by Gasteiger charge is -2.17. The molecule has 0 aromatic heterocycles. The van der Waals surface area contributed by atoms with Gasteiger partial charge in [-0.3, -0.25) is 4.79 Å². The Balaban J connectivity index is 1.76. The molecule has 0 unspecified atom stereocenters. The van der Waals surface area contributed by atoms with E-state index in [2.05, 4.69) is 0 Å². The van der Waals surface area contributed by atoms with E-state index in [9.17, 15) is 18.4 Å². The van der Waals surface area contributed by atoms with E-state index in [1.807, 2.05) is 0 Å². The number of carbonyl (C=O) groups is 2. The summed E-state index contributed by atoms with van der Waals surface area (Å²) in [6.45, 7) is -0.982. The lowest BCUT2D eigenvalue weighted by molar-refractivity contribution is -0.153. The van der Waals surface area contributed by atoms with Gasteiger partial charge in [0.25, 0.3) is 5.91 Å². The summed E-state index contributed by atoms with van der Waals surface area (Å²) in [4.78, 5) is 24.7. The van der Waals surface area contributed by atoms with Crippen molar-refractivity contribution in [2.75, 3.05) is 20.3 Å². The Morgan fingerprint density at radius 3 is 2.28 bits per heavy atom. The first-order valence-corrected chi connectivity index (χ1v) is 7.47. The molecule has 1 amide bonds. The number of para-hydroxylation sites is 1. The lowest BCUT2D eigenvalue weighted by Crippen LogP contribution is -2.32. The van der Waals surface area contributed by atoms with Crippen LogP contribution in [0.15, 0.2) is 48.5 Å². The predicted octanol–water partition coefficient (Wildman–Crippen LogP) is 2.55. The van der Waals surface area contributed by atoms with Crippen LogP contribution in [-0.2, 0) is 20.9 Å². The second kappa shape index (κ2) is 8.77. The third kappa shape index (κ3) is 5.56. The molecular weight excluding hydrogens is 332 g/mol. The number of halogens is 2. The number of carbonyl (C=O) groups excluding carboxylic acids is 2. The maximum Gasteiger partial charge on any atom is 0.344 e. The number of benzene rings is 2. The van der Waals surface area contributed by atoms with Crippen LogP contribution in [0.4, 0.5) is 8.78 Å². The Bertz CT molecular complexity index is 751. The third-order valence-corrected chi connectivity index (χ3v) is 3.33. The highest BCUT2D eigenvalue weighted by Crippen LogP contribution is 2.15. The second-order valence-electron chi connectivity index (χ2n) is 5.22. The van der Waals surface area contributed by atoms with Gasteiger partial charge < -0.3 is 14.4 Å². The van der Waals surface area contributed by atoms with Gasteiger partial charge in [-0.05, 0) is 18.2 Å². The molecule has 0 atom stereocenters. The Kier molecular flexibility index (Phi) is 6.45. The zero-order valence-electron chi connectivity index (χ0n) is 13.6. The number of rotatable bonds is 7. The summed E-state index contributed by atoms with van der Waals surface area (Å²) < 4.78 is 36.6. The minimum absolute atomic E-state index is 0.0504. The minimum Gasteiger partial charge on any atom is -0.479 e. The van der Waals surface area contributed by atoms with Gasteiger partial charge in [-0.15, -0.1) is 0 Å². The van der Waals surface area contributed by atoms with Crippen LogP contribution < -0.4 is 4.74 Å². The van der Waals surface area contributed by atoms with E-state index in [4.69, 9.17) is 9.47 Å². The van der Waals surface area contributed by atoms with E-state index in [0.29, 0.717) is 5.56 Å². The van der Waals surface area contributed by atoms with Gasteiger partial charge in [-0.2, -0.15) is 0 Å². The van der Waals surface area contributed by atoms with Gasteiger partial charge in [0.2, 0.25) is 0 Å². The maximum absolute atomic E-state index is 13.6. The largest absolute Gasteiger partial charge is 0.479 e. The molecule has 0 aliphatic heterocycles. The van der Waals surface area contributed by atoms with Gasteiger partial charge in [-0.25, -0.2) is 13.6 Å². The molecule has 7 heteroatoms. The van der Waals surface area contributed by atoms with Crippen LogP contribution in [0, 0.1) is 11.6 Å². The summed E-state index contributed by atoms with van der Waals surface area (Å²) in [6.07, 6.45) is 0. The molecule has 2 aromatic rings. The fourth-order valence-electron chi connectivity index (χ4n) is 1.96. The number of hydrogen-bond acceptors (Lipinski definition) is 4. The van der Waals surface area contributed by atoms with Crippen LogP contribution in [0.3, 0.4) is 0 Å². The molecule has 2 rings (SSSR count). The first-order chi connectivity index (χ1) is 12.0. The first-order valence-electron chi connectivity index (χ1n) is 7.47. The van der Waals surface area contributed by atoms with Crippen molar-refractivity contribution in [2.24, 2.45) is 0 Å². The van der Waals surface area contributed by atoms with E-state index >= 15 is 0 Å². The van der Waals surface area contributed by atoms with Gasteiger partial charge in [0.05, 0.1) is 0 Å². The Hall–Kier alpha value is -2.96. The summed E-state index contributed by atoms with van der Waals surface area (Å²) in [5.74, 6) is -2.41. The molecule has 0 heterocycles. The number of ether oxygens (including phenoxy) is 2. The van der Waals surface area contributed by atoms with Crippen molar-refractivity contribution in [1.29, 1.82) is 0 Å². The quantitative estimate of drug-likeness (QED) is 0.721. The van der Waals surface area contributed by atoms with Crippen LogP contribution >= 0.6 is 0 Å². The molecule has 132 valence electrons. The van der Waals surface area contributed by atoms with Gasteiger partial charge in [0, 0.05) is 19.2 Å². The minimum atomic E-state index is -0.809. The Morgan fingerprint density at radius 1 is 0.960 bits per heavy atom. The van der Waals surface area contributed by atoms with E-state index in [-0.39, 0.29) is 12.3 Å². The average molecular weight is 349 g/mol. The first kappa shape index (κ1) is 18.4. The van der Waals surface area contributed by atoms with Crippen LogP contribution in [0.2, 0.25) is 0 Å². The molecule has 2 aromatic carbocycles. The monoisotopic (exact) mass is 349 g/mol. The van der Waals surface area contributed by atoms with E-state index < -0.39 is 36.7 Å². The molecule has 0 aliphatic carbocycles. The second-order valence-corrected chi connectivity index (χ2v) is 5.22. The molecule has 0 spiro atoms. The highest BCUT2D eigenvalue weighted by atomic mass is 19.1. The fraction of sp³-hybridized carbons (Fsp3) is 0.222. The van der Waals surface area contributed by atoms with Crippen molar-refractivity contribution in [3.8, 4) is 5.75 Å². The molecule has 0 fully saturated rings. The number of hydrogen-bond donors (Lipinski definition) is 0. The van der Waals surface area contributed by atoms with Crippen molar-refractivity contribution in [3.05, 3.63) is 65.7 Å². The molecule has 0 radical (unpaired) electrons. The molecule has 0 bridgehead atoms. The van der Waals surface area contributed by atoms with E-state index in [0.717, 1.165) is 0 Å². The molecule has 0 N–H and O–H groups in total. The van der Waals surface area contributed by atoms with E-state index in [1.165, 1.54) is 36.2 Å². The zero-order valence-corrected chi connectivity index (χ0v) is 13.6. The smallest absolute Gasteiger partial charge is 0.344 e. The van der Waals surface area contributed by atoms with E-state index in [1.54, 1.807) is 24.3 Å². The lowest BCUT2D eigenvalue weighted by atomic mass is 10.2. The normalized spacial score (nSPS) is 10.2. The highest BCUT2D eigenvalue weighted by Gasteiger charge is 2.14. The van der Waals surface area contributed by atoms with Crippen molar-refractivity contribution >= 4 is 11.9 Å². The van der Waals surface area contributed by atoms with Crippen molar-refractivity contribution in [2.45, 2.75) is 6.54 Å². The maximum atomic E-state index is 13.6. The summed E-state index contributed by atoms with van der Waals surface area (Å²) in [7, 11) is 1.47. The van der Waals surface area contributed by atoms with Crippen molar-refractivity contribution < 1.29 is 27.8 Å². The van der Waals surface area contributed by atoms with Gasteiger partial charge in [-0.1, -0.05) is 30.3 Å². The van der Waals surface area contributed by atoms with Gasteiger partial charge in [0.1, 0.15) is 5.82 Å². The number of amides is 1. The molecule has 25 heavy (non-hydrogen) atoms.